The Bertz CT molecular complexity index is 436. The Morgan fingerprint density at radius 2 is 2.42 bits per heavy atom. The van der Waals surface area contributed by atoms with Crippen molar-refractivity contribution < 1.29 is 9.90 Å². The second kappa shape index (κ2) is 2.26. The van der Waals surface area contributed by atoms with E-state index in [4.69, 9.17) is 5.11 Å². The minimum absolute atomic E-state index is 0.134. The molecule has 0 fully saturated rings. The van der Waals surface area contributed by atoms with Gasteiger partial charge in [0, 0.05) is 6.20 Å². The van der Waals surface area contributed by atoms with Crippen molar-refractivity contribution in [1.29, 1.82) is 0 Å². The van der Waals surface area contributed by atoms with Crippen LogP contribution in [0.15, 0.2) is 18.5 Å². The molecular weight excluding hydrogens is 160 g/mol. The highest BCUT2D eigenvalue weighted by Gasteiger charge is 2.09. The van der Waals surface area contributed by atoms with E-state index in [2.05, 4.69) is 15.3 Å². The highest BCUT2D eigenvalue weighted by atomic mass is 16.4. The van der Waals surface area contributed by atoms with E-state index in [1.54, 1.807) is 6.07 Å². The van der Waals surface area contributed by atoms with Gasteiger partial charge in [-0.2, -0.15) is 4.52 Å². The zero-order valence-electron chi connectivity index (χ0n) is 5.88. The molecule has 6 nitrogen and oxygen atoms in total. The van der Waals surface area contributed by atoms with Crippen molar-refractivity contribution in [1.82, 2.24) is 19.8 Å². The molecule has 12 heavy (non-hydrogen) atoms. The number of rotatable bonds is 1. The number of aromatic carboxylic acids is 1. The van der Waals surface area contributed by atoms with Gasteiger partial charge in [-0.05, 0) is 6.07 Å². The number of hydrogen-bond acceptors (Lipinski definition) is 4. The first-order valence-corrected chi connectivity index (χ1v) is 3.18. The predicted molar refractivity (Wildman–Crippen MR) is 37.7 cm³/mol. The first-order chi connectivity index (χ1) is 5.79. The Morgan fingerprint density at radius 1 is 1.58 bits per heavy atom. The second-order valence-electron chi connectivity index (χ2n) is 2.14. The minimum atomic E-state index is -1.12. The fourth-order valence-electron chi connectivity index (χ4n) is 0.906. The molecule has 1 N–H and O–H groups in total. The Labute approximate surface area is 66.5 Å². The van der Waals surface area contributed by atoms with Crippen LogP contribution in [0.5, 0.6) is 0 Å². The Kier molecular flexibility index (Phi) is 1.26. The maximum Gasteiger partial charge on any atom is 0.374 e. The third-order valence-corrected chi connectivity index (χ3v) is 1.41. The molecule has 6 heteroatoms. The number of carbonyl (C=O) groups is 1. The molecule has 0 amide bonds. The molecule has 0 unspecified atom stereocenters. The van der Waals surface area contributed by atoms with Gasteiger partial charge < -0.3 is 5.11 Å². The molecule has 2 heterocycles. The molecule has 0 saturated heterocycles. The maximum atomic E-state index is 10.6. The Hall–Kier alpha value is -1.98. The zero-order valence-corrected chi connectivity index (χ0v) is 5.88. The van der Waals surface area contributed by atoms with E-state index in [0.717, 1.165) is 0 Å². The number of nitrogens with zero attached hydrogens (tertiary/aromatic N) is 4. The topological polar surface area (TPSA) is 80.4 Å². The molecule has 0 aliphatic rings. The Morgan fingerprint density at radius 3 is 3.17 bits per heavy atom. The molecule has 0 bridgehead atoms. The van der Waals surface area contributed by atoms with Crippen molar-refractivity contribution >= 4 is 11.5 Å². The van der Waals surface area contributed by atoms with Gasteiger partial charge in [-0.1, -0.05) is 5.21 Å². The van der Waals surface area contributed by atoms with Crippen LogP contribution in [-0.4, -0.2) is 30.9 Å². The second-order valence-corrected chi connectivity index (χ2v) is 2.14. The molecule has 0 spiro atoms. The van der Waals surface area contributed by atoms with Gasteiger partial charge in [0.25, 0.3) is 0 Å². The van der Waals surface area contributed by atoms with Crippen LogP contribution in [0.2, 0.25) is 0 Å². The van der Waals surface area contributed by atoms with Crippen molar-refractivity contribution in [3.63, 3.8) is 0 Å². The number of carboxylic acids is 1. The molecule has 0 atom stereocenters. The van der Waals surface area contributed by atoms with Crippen LogP contribution in [-0.2, 0) is 0 Å². The van der Waals surface area contributed by atoms with Crippen molar-refractivity contribution in [2.24, 2.45) is 0 Å². The summed E-state index contributed by atoms with van der Waals surface area (Å²) in [6.45, 7) is 0. The summed E-state index contributed by atoms with van der Waals surface area (Å²) in [5, 5.41) is 15.8. The van der Waals surface area contributed by atoms with Gasteiger partial charge >= 0.3 is 5.97 Å². The van der Waals surface area contributed by atoms with Crippen LogP contribution >= 0.6 is 0 Å². The van der Waals surface area contributed by atoms with Gasteiger partial charge in [0.2, 0.25) is 5.82 Å². The molecule has 0 saturated carbocycles. The zero-order chi connectivity index (χ0) is 8.55. The molecule has 2 aromatic rings. The predicted octanol–water partition coefficient (Wildman–Crippen LogP) is -0.177. The van der Waals surface area contributed by atoms with Crippen LogP contribution in [0.3, 0.4) is 0 Å². The molecule has 0 radical (unpaired) electrons. The third kappa shape index (κ3) is 0.815. The van der Waals surface area contributed by atoms with Gasteiger partial charge in [-0.15, -0.1) is 5.10 Å². The summed E-state index contributed by atoms with van der Waals surface area (Å²) in [4.78, 5) is 14.2. The van der Waals surface area contributed by atoms with E-state index < -0.39 is 5.97 Å². The monoisotopic (exact) mass is 164 g/mol. The van der Waals surface area contributed by atoms with Gasteiger partial charge in [0.1, 0.15) is 0 Å². The van der Waals surface area contributed by atoms with E-state index in [-0.39, 0.29) is 5.82 Å². The van der Waals surface area contributed by atoms with E-state index in [1.165, 1.54) is 16.9 Å². The van der Waals surface area contributed by atoms with E-state index in [1.807, 2.05) is 0 Å². The lowest BCUT2D eigenvalue weighted by molar-refractivity contribution is 0.0679. The van der Waals surface area contributed by atoms with Gasteiger partial charge in [0.05, 0.1) is 11.7 Å². The molecule has 60 valence electrons. The average Bonchev–Trinajstić information content (AvgIpc) is 2.49. The average molecular weight is 164 g/mol. The fourth-order valence-corrected chi connectivity index (χ4v) is 0.906. The standard InChI is InChI=1S/C6H4N4O2/c11-6(12)5-7-2-1-4-3-8-9-10(4)5/h1-3H,(H,11,12). The van der Waals surface area contributed by atoms with Crippen LogP contribution in [0.4, 0.5) is 0 Å². The molecular formula is C6H4N4O2. The van der Waals surface area contributed by atoms with Gasteiger partial charge in [-0.3, -0.25) is 0 Å². The number of carboxylic acid groups (broad SMARTS) is 1. The number of hydrogen-bond donors (Lipinski definition) is 1. The largest absolute Gasteiger partial charge is 0.475 e. The van der Waals surface area contributed by atoms with Crippen molar-refractivity contribution in [3.8, 4) is 0 Å². The van der Waals surface area contributed by atoms with Crippen molar-refractivity contribution in [2.75, 3.05) is 0 Å². The first-order valence-electron chi connectivity index (χ1n) is 3.18. The van der Waals surface area contributed by atoms with Crippen LogP contribution < -0.4 is 0 Å². The smallest absolute Gasteiger partial charge is 0.374 e. The van der Waals surface area contributed by atoms with Crippen LogP contribution in [0.1, 0.15) is 10.6 Å². The number of fused-ring (bicyclic) bond motifs is 1. The summed E-state index contributed by atoms with van der Waals surface area (Å²) in [6.07, 6.45) is 2.87. The summed E-state index contributed by atoms with van der Waals surface area (Å²) < 4.78 is 1.17. The summed E-state index contributed by atoms with van der Waals surface area (Å²) in [6, 6.07) is 1.63. The summed E-state index contributed by atoms with van der Waals surface area (Å²) in [5.41, 5.74) is 0.613. The highest BCUT2D eigenvalue weighted by Crippen LogP contribution is 2.00. The molecule has 2 aromatic heterocycles. The highest BCUT2D eigenvalue weighted by molar-refractivity contribution is 5.84. The maximum absolute atomic E-state index is 10.6. The Balaban J connectivity index is 2.82. The normalized spacial score (nSPS) is 10.3. The summed E-state index contributed by atoms with van der Waals surface area (Å²) in [7, 11) is 0. The SMILES string of the molecule is O=C(O)c1nccc2cnnn12. The lowest BCUT2D eigenvalue weighted by Gasteiger charge is -1.94. The van der Waals surface area contributed by atoms with E-state index in [0.29, 0.717) is 5.52 Å². The quantitative estimate of drug-likeness (QED) is 0.632. The summed E-state index contributed by atoms with van der Waals surface area (Å²) >= 11 is 0. The summed E-state index contributed by atoms with van der Waals surface area (Å²) in [5.74, 6) is -1.25. The molecule has 0 aliphatic heterocycles. The molecule has 2 rings (SSSR count). The van der Waals surface area contributed by atoms with Crippen LogP contribution in [0.25, 0.3) is 5.52 Å². The lowest BCUT2D eigenvalue weighted by Crippen LogP contribution is -2.08. The first kappa shape index (κ1) is 6.71. The number of aromatic nitrogens is 4. The van der Waals surface area contributed by atoms with E-state index in [9.17, 15) is 4.79 Å². The lowest BCUT2D eigenvalue weighted by atomic mass is 10.5. The minimum Gasteiger partial charge on any atom is -0.475 e. The van der Waals surface area contributed by atoms with Crippen molar-refractivity contribution in [2.45, 2.75) is 0 Å². The fraction of sp³-hybridized carbons (Fsp3) is 0. The molecule has 0 aromatic carbocycles. The third-order valence-electron chi connectivity index (χ3n) is 1.41. The molecule has 0 aliphatic carbocycles. The van der Waals surface area contributed by atoms with Crippen LogP contribution in [0, 0.1) is 0 Å². The van der Waals surface area contributed by atoms with E-state index >= 15 is 0 Å². The van der Waals surface area contributed by atoms with Gasteiger partial charge in [0.15, 0.2) is 0 Å². The van der Waals surface area contributed by atoms with Crippen molar-refractivity contribution in [3.05, 3.63) is 24.3 Å². The van der Waals surface area contributed by atoms with Gasteiger partial charge in [-0.25, -0.2) is 9.78 Å².